The number of hydrogen-bond acceptors (Lipinski definition) is 5. The minimum absolute atomic E-state index is 0.0364. The average molecular weight is 555 g/mol. The van der Waals surface area contributed by atoms with Gasteiger partial charge >= 0.3 is 5.76 Å². The van der Waals surface area contributed by atoms with E-state index in [-0.39, 0.29) is 6.61 Å². The number of aromatic amines is 1. The molecule has 7 heteroatoms. The molecule has 1 aliphatic rings. The molecule has 0 bridgehead atoms. The largest absolute Gasteiger partial charge is 0.439 e. The van der Waals surface area contributed by atoms with Crippen molar-refractivity contribution in [3.63, 3.8) is 0 Å². The van der Waals surface area contributed by atoms with Crippen molar-refractivity contribution in [2.75, 3.05) is 6.61 Å². The van der Waals surface area contributed by atoms with Gasteiger partial charge in [-0.2, -0.15) is 0 Å². The molecular weight excluding hydrogens is 524 g/mol. The fourth-order valence-corrected chi connectivity index (χ4v) is 6.11. The van der Waals surface area contributed by atoms with Gasteiger partial charge in [0.1, 0.15) is 5.82 Å². The van der Waals surface area contributed by atoms with Gasteiger partial charge < -0.3 is 9.67 Å². The summed E-state index contributed by atoms with van der Waals surface area (Å²) >= 11 is 0. The second-order valence-electron chi connectivity index (χ2n) is 10.8. The number of imidazole rings is 1. The second-order valence-corrected chi connectivity index (χ2v) is 10.8. The molecule has 0 fully saturated rings. The molecule has 2 aromatic heterocycles. The van der Waals surface area contributed by atoms with Gasteiger partial charge in [-0.25, -0.2) is 9.78 Å². The molecule has 0 spiro atoms. The minimum Gasteiger partial charge on any atom is -0.396 e. The van der Waals surface area contributed by atoms with Gasteiger partial charge in [0, 0.05) is 13.0 Å². The Morgan fingerprint density at radius 1 is 0.929 bits per heavy atom. The average Bonchev–Trinajstić information content (AvgIpc) is 3.54. The van der Waals surface area contributed by atoms with Crippen LogP contribution in [0.1, 0.15) is 45.0 Å². The number of H-pyrrole nitrogens is 1. The number of benzene rings is 4. The van der Waals surface area contributed by atoms with Crippen molar-refractivity contribution >= 4 is 22.7 Å². The summed E-state index contributed by atoms with van der Waals surface area (Å²) in [6, 6.07) is 29.8. The van der Waals surface area contributed by atoms with Gasteiger partial charge in [-0.1, -0.05) is 78.0 Å². The summed E-state index contributed by atoms with van der Waals surface area (Å²) in [5.74, 6) is 0.694. The fourth-order valence-electron chi connectivity index (χ4n) is 6.11. The first-order chi connectivity index (χ1) is 20.6. The zero-order valence-corrected chi connectivity index (χ0v) is 23.3. The van der Waals surface area contributed by atoms with Crippen LogP contribution in [-0.2, 0) is 25.8 Å². The SMILES string of the molecule is Cc1cc(-c2ccccc2)cc2c1nc(CCO)n2Cc1ccc2c(c1)CCc1ccccc1C2=Cc1noc(=O)[nH]1. The van der Waals surface area contributed by atoms with Gasteiger partial charge in [0.2, 0.25) is 0 Å². The highest BCUT2D eigenvalue weighted by Crippen LogP contribution is 2.36. The Morgan fingerprint density at radius 3 is 2.52 bits per heavy atom. The standard InChI is InChI=1S/C35H30N4O3/c1-22-17-27(24-7-3-2-4-8-24)19-31-34(22)37-33(15-16-40)39(31)21-23-11-14-29-26(18-23)13-12-25-9-5-6-10-28(25)30(29)20-32-36-35(41)42-38-32/h2-11,14,17-20,40H,12-13,15-16,21H2,1H3,(H,36,38,41). The molecule has 7 nitrogen and oxygen atoms in total. The Bertz CT molecular complexity index is 2010. The van der Waals surface area contributed by atoms with E-state index in [4.69, 9.17) is 9.51 Å². The van der Waals surface area contributed by atoms with E-state index in [0.29, 0.717) is 18.8 Å². The number of nitrogens with one attached hydrogen (secondary N) is 1. The molecule has 0 saturated carbocycles. The Morgan fingerprint density at radius 2 is 1.71 bits per heavy atom. The van der Waals surface area contributed by atoms with E-state index in [2.05, 4.69) is 94.4 Å². The zero-order valence-electron chi connectivity index (χ0n) is 23.3. The summed E-state index contributed by atoms with van der Waals surface area (Å²) < 4.78 is 7.02. The van der Waals surface area contributed by atoms with Crippen LogP contribution < -0.4 is 5.76 Å². The maximum absolute atomic E-state index is 11.6. The lowest BCUT2D eigenvalue weighted by Gasteiger charge is -2.15. The van der Waals surface area contributed by atoms with Crippen LogP contribution in [0.25, 0.3) is 33.8 Å². The first-order valence-corrected chi connectivity index (χ1v) is 14.2. The van der Waals surface area contributed by atoms with E-state index in [1.54, 1.807) is 0 Å². The summed E-state index contributed by atoms with van der Waals surface area (Å²) in [5.41, 5.74) is 12.4. The van der Waals surface area contributed by atoms with Gasteiger partial charge in [-0.05, 0) is 88.1 Å². The first kappa shape index (κ1) is 25.9. The van der Waals surface area contributed by atoms with E-state index in [0.717, 1.165) is 68.7 Å². The highest BCUT2D eigenvalue weighted by molar-refractivity contribution is 5.93. The topological polar surface area (TPSA) is 96.9 Å². The number of aromatic nitrogens is 4. The molecule has 0 radical (unpaired) electrons. The summed E-state index contributed by atoms with van der Waals surface area (Å²) in [7, 11) is 0. The maximum Gasteiger partial charge on any atom is 0.439 e. The Kier molecular flexibility index (Phi) is 6.64. The summed E-state index contributed by atoms with van der Waals surface area (Å²) in [4.78, 5) is 19.3. The van der Waals surface area contributed by atoms with Gasteiger partial charge in [-0.15, -0.1) is 0 Å². The summed E-state index contributed by atoms with van der Waals surface area (Å²) in [5, 5.41) is 13.8. The summed E-state index contributed by atoms with van der Waals surface area (Å²) in [6.07, 6.45) is 4.17. The highest BCUT2D eigenvalue weighted by Gasteiger charge is 2.20. The van der Waals surface area contributed by atoms with Gasteiger partial charge in [0.15, 0.2) is 5.82 Å². The van der Waals surface area contributed by atoms with Gasteiger partial charge in [-0.3, -0.25) is 9.51 Å². The number of aryl methyl sites for hydroxylation is 3. The van der Waals surface area contributed by atoms with Crippen molar-refractivity contribution < 1.29 is 9.63 Å². The lowest BCUT2D eigenvalue weighted by molar-refractivity contribution is 0.295. The van der Waals surface area contributed by atoms with Crippen molar-refractivity contribution in [2.24, 2.45) is 0 Å². The van der Waals surface area contributed by atoms with Crippen LogP contribution in [0.15, 0.2) is 94.2 Å². The van der Waals surface area contributed by atoms with Crippen LogP contribution >= 0.6 is 0 Å². The quantitative estimate of drug-likeness (QED) is 0.265. The number of nitrogens with zero attached hydrogens (tertiary/aromatic N) is 3. The van der Waals surface area contributed by atoms with Crippen molar-refractivity contribution in [1.82, 2.24) is 19.7 Å². The monoisotopic (exact) mass is 554 g/mol. The molecule has 0 atom stereocenters. The lowest BCUT2D eigenvalue weighted by Crippen LogP contribution is -2.08. The number of aliphatic hydroxyl groups excluding tert-OH is 1. The van der Waals surface area contributed by atoms with Crippen molar-refractivity contribution in [1.29, 1.82) is 0 Å². The van der Waals surface area contributed by atoms with Gasteiger partial charge in [0.25, 0.3) is 0 Å². The molecule has 1 aliphatic carbocycles. The molecule has 0 saturated heterocycles. The van der Waals surface area contributed by atoms with Crippen LogP contribution in [0, 0.1) is 6.92 Å². The zero-order chi connectivity index (χ0) is 28.6. The molecular formula is C35H30N4O3. The Balaban J connectivity index is 1.33. The predicted molar refractivity (Wildman–Crippen MR) is 164 cm³/mol. The van der Waals surface area contributed by atoms with Crippen molar-refractivity contribution in [2.45, 2.75) is 32.7 Å². The molecule has 2 N–H and O–H groups in total. The molecule has 0 aliphatic heterocycles. The number of hydrogen-bond donors (Lipinski definition) is 2. The lowest BCUT2D eigenvalue weighted by atomic mass is 9.92. The Hall–Kier alpha value is -5.01. The van der Waals surface area contributed by atoms with Crippen LogP contribution in [0.2, 0.25) is 0 Å². The maximum atomic E-state index is 11.6. The molecule has 7 rings (SSSR count). The molecule has 208 valence electrons. The number of rotatable bonds is 6. The molecule has 6 aromatic rings. The van der Waals surface area contributed by atoms with Crippen molar-refractivity contribution in [3.05, 3.63) is 141 Å². The smallest absolute Gasteiger partial charge is 0.396 e. The second kappa shape index (κ2) is 10.8. The van der Waals surface area contributed by atoms with Crippen LogP contribution in [-0.4, -0.2) is 31.4 Å². The van der Waals surface area contributed by atoms with E-state index in [1.807, 2.05) is 18.2 Å². The predicted octanol–water partition coefficient (Wildman–Crippen LogP) is 5.96. The van der Waals surface area contributed by atoms with Crippen molar-refractivity contribution in [3.8, 4) is 11.1 Å². The summed E-state index contributed by atoms with van der Waals surface area (Å²) in [6.45, 7) is 2.78. The highest BCUT2D eigenvalue weighted by atomic mass is 16.5. The molecule has 2 heterocycles. The Labute approximate surface area is 242 Å². The van der Waals surface area contributed by atoms with Crippen LogP contribution in [0.4, 0.5) is 0 Å². The number of fused-ring (bicyclic) bond motifs is 3. The van der Waals surface area contributed by atoms with E-state index < -0.39 is 5.76 Å². The van der Waals surface area contributed by atoms with E-state index in [9.17, 15) is 9.90 Å². The third kappa shape index (κ3) is 4.78. The normalized spacial score (nSPS) is 13.7. The van der Waals surface area contributed by atoms with Crippen LogP contribution in [0.5, 0.6) is 0 Å². The van der Waals surface area contributed by atoms with E-state index in [1.165, 1.54) is 11.1 Å². The molecule has 42 heavy (non-hydrogen) atoms. The van der Waals surface area contributed by atoms with E-state index >= 15 is 0 Å². The minimum atomic E-state index is -0.573. The molecule has 0 unspecified atom stereocenters. The molecule has 4 aromatic carbocycles. The molecule has 0 amide bonds. The number of aliphatic hydroxyl groups is 1. The first-order valence-electron chi connectivity index (χ1n) is 14.2. The fraction of sp³-hybridized carbons (Fsp3) is 0.171. The van der Waals surface area contributed by atoms with Crippen LogP contribution in [0.3, 0.4) is 0 Å². The third-order valence-electron chi connectivity index (χ3n) is 8.08. The van der Waals surface area contributed by atoms with Gasteiger partial charge in [0.05, 0.1) is 17.6 Å². The third-order valence-corrected chi connectivity index (χ3v) is 8.08.